The molecule has 4 rings (SSSR count). The number of hydrogen-bond donors (Lipinski definition) is 2. The lowest BCUT2D eigenvalue weighted by atomic mass is 10.2. The molecule has 2 aromatic rings. The van der Waals surface area contributed by atoms with E-state index < -0.39 is 35.8 Å². The summed E-state index contributed by atoms with van der Waals surface area (Å²) in [6.07, 6.45) is -0.914. The van der Waals surface area contributed by atoms with Crippen molar-refractivity contribution in [3.63, 3.8) is 0 Å². The number of ether oxygens (including phenoxy) is 2. The third-order valence-electron chi connectivity index (χ3n) is 5.86. The third kappa shape index (κ3) is 5.87. The van der Waals surface area contributed by atoms with Gasteiger partial charge in [-0.15, -0.1) is 0 Å². The summed E-state index contributed by atoms with van der Waals surface area (Å²) in [6, 6.07) is 3.43. The molecule has 2 fully saturated rings. The van der Waals surface area contributed by atoms with E-state index in [1.54, 1.807) is 0 Å². The predicted molar refractivity (Wildman–Crippen MR) is 122 cm³/mol. The van der Waals surface area contributed by atoms with Crippen LogP contribution in [0, 0.1) is 11.6 Å². The van der Waals surface area contributed by atoms with Gasteiger partial charge in [0.1, 0.15) is 11.8 Å². The first-order valence-corrected chi connectivity index (χ1v) is 11.3. The lowest BCUT2D eigenvalue weighted by molar-refractivity contribution is -0.130. The molecule has 0 bridgehead atoms. The van der Waals surface area contributed by atoms with Gasteiger partial charge in [0, 0.05) is 44.4 Å². The molecule has 2 aliphatic heterocycles. The van der Waals surface area contributed by atoms with E-state index in [-0.39, 0.29) is 68.9 Å². The number of nitrogens with one attached hydrogen (secondary N) is 2. The van der Waals surface area contributed by atoms with Gasteiger partial charge in [0.25, 0.3) is 5.91 Å². The summed E-state index contributed by atoms with van der Waals surface area (Å²) in [5.74, 6) is -2.71. The molecule has 0 unspecified atom stereocenters. The predicted octanol–water partition coefficient (Wildman–Crippen LogP) is 0.713. The Morgan fingerprint density at radius 2 is 1.84 bits per heavy atom. The van der Waals surface area contributed by atoms with Crippen molar-refractivity contribution < 1.29 is 42.0 Å². The van der Waals surface area contributed by atoms with Crippen molar-refractivity contribution in [3.8, 4) is 0 Å². The van der Waals surface area contributed by atoms with Crippen molar-refractivity contribution in [2.45, 2.75) is 6.10 Å². The van der Waals surface area contributed by atoms with Crippen LogP contribution in [0.2, 0.25) is 0 Å². The Hall–Kier alpha value is -4.43. The number of halogens is 2. The minimum Gasteiger partial charge on any atom is -0.453 e. The standard InChI is InChI=1S/C22H24F2N6O7/c1-35-21(33)26-10-14-12-30(22(34)36-14)13-8-15(23)19(16(24)9-13)29-6-4-28(5-7-29)18(31)11-25-20(32)17-2-3-27-37-17/h2-3,8-9,14H,4-7,10-12H2,1H3,(H,25,32)(H,26,33)/t14-/m0/s1. The third-order valence-corrected chi connectivity index (χ3v) is 5.86. The highest BCUT2D eigenvalue weighted by Gasteiger charge is 2.34. The van der Waals surface area contributed by atoms with Crippen molar-refractivity contribution in [1.29, 1.82) is 0 Å². The van der Waals surface area contributed by atoms with Crippen molar-refractivity contribution in [1.82, 2.24) is 20.7 Å². The summed E-state index contributed by atoms with van der Waals surface area (Å²) >= 11 is 0. The zero-order valence-corrected chi connectivity index (χ0v) is 19.7. The quantitative estimate of drug-likeness (QED) is 0.537. The summed E-state index contributed by atoms with van der Waals surface area (Å²) < 4.78 is 44.3. The lowest BCUT2D eigenvalue weighted by Crippen LogP contribution is -2.51. The van der Waals surface area contributed by atoms with E-state index in [9.17, 15) is 28.0 Å². The van der Waals surface area contributed by atoms with Gasteiger partial charge in [-0.3, -0.25) is 14.5 Å². The van der Waals surface area contributed by atoms with Crippen LogP contribution in [0.3, 0.4) is 0 Å². The number of methoxy groups -OCH3 is 1. The van der Waals surface area contributed by atoms with Gasteiger partial charge in [-0.1, -0.05) is 5.16 Å². The highest BCUT2D eigenvalue weighted by Crippen LogP contribution is 2.31. The molecule has 1 atom stereocenters. The van der Waals surface area contributed by atoms with E-state index in [0.29, 0.717) is 0 Å². The van der Waals surface area contributed by atoms with Gasteiger partial charge < -0.3 is 34.4 Å². The SMILES string of the molecule is COC(=O)NC[C@H]1CN(c2cc(F)c(N3CCN(C(=O)CNC(=O)c4ccno4)CC3)c(F)c2)C(=O)O1. The molecular weight excluding hydrogens is 498 g/mol. The molecule has 1 aromatic carbocycles. The number of alkyl carbamates (subject to hydrolysis) is 1. The second-order valence-corrected chi connectivity index (χ2v) is 8.17. The topological polar surface area (TPSA) is 147 Å². The molecule has 2 saturated heterocycles. The summed E-state index contributed by atoms with van der Waals surface area (Å²) in [5.41, 5.74) is -0.299. The fraction of sp³-hybridized carbons (Fsp3) is 0.409. The molecule has 0 spiro atoms. The molecule has 13 nitrogen and oxygen atoms in total. The average Bonchev–Trinajstić information content (AvgIpc) is 3.55. The van der Waals surface area contributed by atoms with Crippen LogP contribution < -0.4 is 20.4 Å². The average molecular weight is 522 g/mol. The van der Waals surface area contributed by atoms with Gasteiger partial charge >= 0.3 is 12.2 Å². The molecule has 4 amide bonds. The highest BCUT2D eigenvalue weighted by atomic mass is 19.1. The van der Waals surface area contributed by atoms with Gasteiger partial charge in [0.15, 0.2) is 11.6 Å². The van der Waals surface area contributed by atoms with Crippen LogP contribution in [-0.2, 0) is 14.3 Å². The summed E-state index contributed by atoms with van der Waals surface area (Å²) in [5, 5.41) is 8.25. The number of piperazine rings is 1. The Bertz CT molecular complexity index is 1150. The molecule has 198 valence electrons. The second-order valence-electron chi connectivity index (χ2n) is 8.17. The van der Waals surface area contributed by atoms with Gasteiger partial charge in [0.2, 0.25) is 11.7 Å². The zero-order valence-electron chi connectivity index (χ0n) is 19.7. The number of carbonyl (C=O) groups excluding carboxylic acids is 4. The Balaban J connectivity index is 1.32. The number of amides is 4. The Morgan fingerprint density at radius 1 is 1.14 bits per heavy atom. The van der Waals surface area contributed by atoms with Gasteiger partial charge in [0.05, 0.1) is 38.6 Å². The van der Waals surface area contributed by atoms with Crippen molar-refractivity contribution in [2.75, 3.05) is 62.7 Å². The van der Waals surface area contributed by atoms with Crippen LogP contribution in [0.5, 0.6) is 0 Å². The second kappa shape index (κ2) is 11.1. The number of aromatic nitrogens is 1. The maximum Gasteiger partial charge on any atom is 0.414 e. The largest absolute Gasteiger partial charge is 0.453 e. The van der Waals surface area contributed by atoms with E-state index in [2.05, 4.69) is 20.5 Å². The number of rotatable bonds is 7. The van der Waals surface area contributed by atoms with Gasteiger partial charge in [-0.25, -0.2) is 18.4 Å². The Labute approximate surface area is 209 Å². The van der Waals surface area contributed by atoms with E-state index in [1.165, 1.54) is 29.2 Å². The number of nitrogens with zero attached hydrogens (tertiary/aromatic N) is 4. The van der Waals surface area contributed by atoms with Crippen LogP contribution in [-0.4, -0.2) is 93.1 Å². The van der Waals surface area contributed by atoms with Crippen LogP contribution in [0.4, 0.5) is 29.7 Å². The maximum absolute atomic E-state index is 15.0. The zero-order chi connectivity index (χ0) is 26.5. The number of cyclic esters (lactones) is 1. The molecule has 37 heavy (non-hydrogen) atoms. The first-order chi connectivity index (χ1) is 17.8. The summed E-state index contributed by atoms with van der Waals surface area (Å²) in [4.78, 5) is 51.7. The molecule has 1 aromatic heterocycles. The van der Waals surface area contributed by atoms with E-state index in [4.69, 9.17) is 9.26 Å². The molecule has 15 heteroatoms. The fourth-order valence-electron chi connectivity index (χ4n) is 3.99. The molecule has 0 radical (unpaired) electrons. The number of hydrogen-bond acceptors (Lipinski definition) is 9. The van der Waals surface area contributed by atoms with Crippen LogP contribution in [0.15, 0.2) is 28.9 Å². The van der Waals surface area contributed by atoms with Gasteiger partial charge in [-0.2, -0.15) is 0 Å². The summed E-state index contributed by atoms with van der Waals surface area (Å²) in [7, 11) is 1.19. The summed E-state index contributed by atoms with van der Waals surface area (Å²) in [6.45, 7) is 0.373. The van der Waals surface area contributed by atoms with Crippen molar-refractivity contribution in [2.24, 2.45) is 0 Å². The molecule has 0 saturated carbocycles. The van der Waals surface area contributed by atoms with E-state index in [1.807, 2.05) is 0 Å². The molecular formula is C22H24F2N6O7. The number of anilines is 2. The van der Waals surface area contributed by atoms with Crippen LogP contribution in [0.1, 0.15) is 10.6 Å². The minimum absolute atomic E-state index is 0.0190. The fourth-order valence-corrected chi connectivity index (χ4v) is 3.99. The smallest absolute Gasteiger partial charge is 0.414 e. The van der Waals surface area contributed by atoms with E-state index in [0.717, 1.165) is 17.0 Å². The van der Waals surface area contributed by atoms with E-state index >= 15 is 0 Å². The normalized spacial score (nSPS) is 17.4. The Kier molecular flexibility index (Phi) is 7.69. The monoisotopic (exact) mass is 522 g/mol. The molecule has 2 aliphatic rings. The Morgan fingerprint density at radius 3 is 2.46 bits per heavy atom. The lowest BCUT2D eigenvalue weighted by Gasteiger charge is -2.36. The minimum atomic E-state index is -0.877. The molecule has 2 N–H and O–H groups in total. The molecule has 0 aliphatic carbocycles. The van der Waals surface area contributed by atoms with Crippen LogP contribution >= 0.6 is 0 Å². The highest BCUT2D eigenvalue weighted by molar-refractivity contribution is 5.94. The van der Waals surface area contributed by atoms with Crippen molar-refractivity contribution in [3.05, 3.63) is 41.8 Å². The van der Waals surface area contributed by atoms with Gasteiger partial charge in [-0.05, 0) is 0 Å². The molecule has 3 heterocycles. The number of carbonyl (C=O) groups is 4. The maximum atomic E-state index is 15.0. The van der Waals surface area contributed by atoms with Crippen molar-refractivity contribution >= 4 is 35.4 Å². The van der Waals surface area contributed by atoms with Crippen LogP contribution in [0.25, 0.3) is 0 Å². The first-order valence-electron chi connectivity index (χ1n) is 11.3. The number of benzene rings is 1. The first kappa shape index (κ1) is 25.7.